The summed E-state index contributed by atoms with van der Waals surface area (Å²) >= 11 is 3.18. The van der Waals surface area contributed by atoms with Crippen LogP contribution in [0.2, 0.25) is 0 Å². The molecule has 0 aliphatic rings. The van der Waals surface area contributed by atoms with Crippen LogP contribution in [0.3, 0.4) is 0 Å². The first kappa shape index (κ1) is 23.4. The Morgan fingerprint density at radius 1 is 1.42 bits per heavy atom. The Morgan fingerprint density at radius 2 is 1.83 bits per heavy atom. The summed E-state index contributed by atoms with van der Waals surface area (Å²) in [6.45, 7) is 0. The molecule has 0 radical (unpaired) electrons. The van der Waals surface area contributed by atoms with Crippen LogP contribution >= 0.6 is 12.9 Å². The standard InChI is InChI=1S/C4H6O4S.Al.Ca.Fe.5H/c5-3(6)1-2-4(7)8-9;;;;;;;;/h9H,1-2H2,(H,5,6);;;;;;;;/q;;+2;;;;;2*-1. The van der Waals surface area contributed by atoms with Gasteiger partial charge in [0.1, 0.15) is 0 Å². The van der Waals surface area contributed by atoms with E-state index in [4.69, 9.17) is 5.11 Å². The van der Waals surface area contributed by atoms with Crippen LogP contribution in [-0.4, -0.2) is 72.1 Å². The zero-order valence-electron chi connectivity index (χ0n) is 7.59. The summed E-state index contributed by atoms with van der Waals surface area (Å²) < 4.78 is 3.89. The van der Waals surface area contributed by atoms with E-state index in [0.717, 1.165) is 0 Å². The number of hydrogen-bond acceptors (Lipinski definition) is 4. The summed E-state index contributed by atoms with van der Waals surface area (Å²) in [5.41, 5.74) is 0. The van der Waals surface area contributed by atoms with Gasteiger partial charge in [-0.1, -0.05) is 0 Å². The van der Waals surface area contributed by atoms with Crippen LogP contribution < -0.4 is 0 Å². The first-order chi connectivity index (χ1) is 4.16. The van der Waals surface area contributed by atoms with Crippen LogP contribution in [0.5, 0.6) is 0 Å². The summed E-state index contributed by atoms with van der Waals surface area (Å²) in [5, 5.41) is 8.03. The molecule has 0 heterocycles. The average Bonchev–Trinajstić information content (AvgIpc) is 1.83. The molecule has 0 aliphatic carbocycles. The number of carbonyl (C=O) groups is 2. The minimum absolute atomic E-state index is 0. The monoisotopic (exact) mass is 278 g/mol. The van der Waals surface area contributed by atoms with Crippen molar-refractivity contribution in [3.8, 4) is 0 Å². The van der Waals surface area contributed by atoms with Crippen LogP contribution in [0, 0.1) is 0 Å². The molecular weight excluding hydrogens is 267 g/mol. The van der Waals surface area contributed by atoms with Crippen molar-refractivity contribution in [2.75, 3.05) is 0 Å². The third-order valence-corrected chi connectivity index (χ3v) is 0.848. The molecule has 0 saturated heterocycles. The van der Waals surface area contributed by atoms with Gasteiger partial charge in [0, 0.05) is 30.0 Å². The SMILES string of the molecule is O=C(O)CCC(=O)OS.[AlH3].[Ca+2].[Fe].[H-].[H-]. The van der Waals surface area contributed by atoms with Gasteiger partial charge >= 0.3 is 49.7 Å². The van der Waals surface area contributed by atoms with Gasteiger partial charge in [-0.25, -0.2) is 0 Å². The molecule has 0 unspecified atom stereocenters. The Hall–Kier alpha value is 1.60. The van der Waals surface area contributed by atoms with Crippen molar-refractivity contribution in [3.63, 3.8) is 0 Å². The fraction of sp³-hybridized carbons (Fsp3) is 0.500. The number of carboxylic acid groups (broad SMARTS) is 1. The fourth-order valence-corrected chi connectivity index (χ4v) is 0.346. The minimum Gasteiger partial charge on any atom is -1.00 e. The molecule has 0 fully saturated rings. The minimum atomic E-state index is -1.02. The molecule has 0 aliphatic heterocycles. The van der Waals surface area contributed by atoms with E-state index in [1.165, 1.54) is 0 Å². The van der Waals surface area contributed by atoms with Crippen LogP contribution in [0.1, 0.15) is 15.7 Å². The molecule has 0 aromatic rings. The van der Waals surface area contributed by atoms with Crippen LogP contribution in [0.4, 0.5) is 0 Å². The van der Waals surface area contributed by atoms with Gasteiger partial charge in [-0.2, -0.15) is 0 Å². The summed E-state index contributed by atoms with van der Waals surface area (Å²) in [4.78, 5) is 19.9. The molecular formula is C4H11AlCaFeO4S. The normalized spacial score (nSPS) is 6.42. The van der Waals surface area contributed by atoms with E-state index in [-0.39, 0.29) is 87.9 Å². The summed E-state index contributed by atoms with van der Waals surface area (Å²) in [7, 11) is 0. The predicted molar refractivity (Wildman–Crippen MR) is 49.9 cm³/mol. The maximum absolute atomic E-state index is 10.2. The van der Waals surface area contributed by atoms with E-state index < -0.39 is 11.9 Å². The quantitative estimate of drug-likeness (QED) is 0.391. The summed E-state index contributed by atoms with van der Waals surface area (Å²) in [6.07, 6.45) is -0.335. The first-order valence-electron chi connectivity index (χ1n) is 2.23. The number of hydrogen-bond donors (Lipinski definition) is 2. The van der Waals surface area contributed by atoms with E-state index in [1.807, 2.05) is 0 Å². The van der Waals surface area contributed by atoms with E-state index in [1.54, 1.807) is 0 Å². The number of aliphatic carboxylic acids is 1. The van der Waals surface area contributed by atoms with Crippen molar-refractivity contribution >= 4 is 79.9 Å². The first-order valence-corrected chi connectivity index (χ1v) is 2.59. The van der Waals surface area contributed by atoms with Gasteiger partial charge in [-0.05, 0) is 0 Å². The Labute approximate surface area is 130 Å². The second kappa shape index (κ2) is 15.1. The van der Waals surface area contributed by atoms with Crippen LogP contribution in [-0.2, 0) is 30.8 Å². The van der Waals surface area contributed by atoms with Gasteiger partial charge in [0.05, 0.1) is 12.8 Å². The fourth-order valence-electron chi connectivity index (χ4n) is 0.255. The molecule has 0 bridgehead atoms. The predicted octanol–water partition coefficient (Wildman–Crippen LogP) is -1.10. The topological polar surface area (TPSA) is 63.6 Å². The smallest absolute Gasteiger partial charge is 1.00 e. The van der Waals surface area contributed by atoms with Crippen molar-refractivity contribution < 1.29 is 38.8 Å². The molecule has 0 amide bonds. The molecule has 70 valence electrons. The van der Waals surface area contributed by atoms with Gasteiger partial charge in [-0.3, -0.25) is 9.59 Å². The number of thiol groups is 1. The Kier molecular flexibility index (Phi) is 29.5. The molecule has 8 heteroatoms. The molecule has 0 spiro atoms. The average molecular weight is 278 g/mol. The van der Waals surface area contributed by atoms with E-state index in [9.17, 15) is 9.59 Å². The second-order valence-electron chi connectivity index (χ2n) is 1.36. The third kappa shape index (κ3) is 17.6. The van der Waals surface area contributed by atoms with Gasteiger partial charge in [-0.15, -0.1) is 0 Å². The Balaban J connectivity index is -0.0000000320. The molecule has 4 nitrogen and oxygen atoms in total. The van der Waals surface area contributed by atoms with Gasteiger partial charge in [0.25, 0.3) is 0 Å². The number of carboxylic acids is 1. The van der Waals surface area contributed by atoms with Crippen molar-refractivity contribution in [2.24, 2.45) is 0 Å². The largest absolute Gasteiger partial charge is 2.00 e. The molecule has 0 aromatic heterocycles. The Bertz CT molecular complexity index is 145. The molecule has 1 N–H and O–H groups in total. The third-order valence-electron chi connectivity index (χ3n) is 0.645. The van der Waals surface area contributed by atoms with Gasteiger partial charge in [0.15, 0.2) is 17.4 Å². The summed E-state index contributed by atoms with van der Waals surface area (Å²) in [5.74, 6) is -1.64. The van der Waals surface area contributed by atoms with Crippen LogP contribution in [0.25, 0.3) is 0 Å². The summed E-state index contributed by atoms with van der Waals surface area (Å²) in [6, 6.07) is 0. The van der Waals surface area contributed by atoms with E-state index >= 15 is 0 Å². The Morgan fingerprint density at radius 3 is 2.08 bits per heavy atom. The number of rotatable bonds is 3. The number of carbonyl (C=O) groups excluding carboxylic acids is 1. The van der Waals surface area contributed by atoms with Crippen molar-refractivity contribution in [3.05, 3.63) is 0 Å². The zero-order chi connectivity index (χ0) is 7.28. The molecule has 12 heavy (non-hydrogen) atoms. The van der Waals surface area contributed by atoms with Gasteiger partial charge < -0.3 is 12.1 Å². The maximum Gasteiger partial charge on any atom is 2.00 e. The van der Waals surface area contributed by atoms with E-state index in [0.29, 0.717) is 0 Å². The molecule has 0 aromatic carbocycles. The molecule has 0 atom stereocenters. The maximum atomic E-state index is 10.2. The molecule has 0 rings (SSSR count). The van der Waals surface area contributed by atoms with Crippen molar-refractivity contribution in [2.45, 2.75) is 12.8 Å². The van der Waals surface area contributed by atoms with Crippen LogP contribution in [0.15, 0.2) is 0 Å². The van der Waals surface area contributed by atoms with Crippen molar-refractivity contribution in [1.82, 2.24) is 0 Å². The zero-order valence-corrected chi connectivity index (χ0v) is 9.80. The molecule has 0 saturated carbocycles. The van der Waals surface area contributed by atoms with E-state index in [2.05, 4.69) is 17.1 Å². The second-order valence-corrected chi connectivity index (χ2v) is 1.54. The van der Waals surface area contributed by atoms with Crippen molar-refractivity contribution in [1.29, 1.82) is 0 Å². The van der Waals surface area contributed by atoms with Gasteiger partial charge in [0.2, 0.25) is 0 Å².